The third-order valence-electron chi connectivity index (χ3n) is 6.22. The van der Waals surface area contributed by atoms with Crippen LogP contribution in [0.15, 0.2) is 48.8 Å². The fourth-order valence-electron chi connectivity index (χ4n) is 4.45. The maximum atomic E-state index is 12.9. The lowest BCUT2D eigenvalue weighted by atomic mass is 9.79. The van der Waals surface area contributed by atoms with Gasteiger partial charge in [-0.25, -0.2) is 9.97 Å². The van der Waals surface area contributed by atoms with E-state index in [9.17, 15) is 13.2 Å². The molecule has 0 aliphatic heterocycles. The number of benzene rings is 1. The number of halogens is 3. The van der Waals surface area contributed by atoms with Crippen molar-refractivity contribution in [2.75, 3.05) is 5.32 Å². The highest BCUT2D eigenvalue weighted by atomic mass is 19.4. The van der Waals surface area contributed by atoms with Crippen molar-refractivity contribution >= 4 is 11.6 Å². The van der Waals surface area contributed by atoms with Gasteiger partial charge in [-0.3, -0.25) is 4.98 Å². The summed E-state index contributed by atoms with van der Waals surface area (Å²) in [6.45, 7) is 4.20. The van der Waals surface area contributed by atoms with Gasteiger partial charge in [0.1, 0.15) is 5.69 Å². The number of nitrogens with zero attached hydrogens (tertiary/aromatic N) is 3. The summed E-state index contributed by atoms with van der Waals surface area (Å²) in [7, 11) is 0. The number of pyridine rings is 1. The summed E-state index contributed by atoms with van der Waals surface area (Å²) in [5.41, 5.74) is 3.62. The average Bonchev–Trinajstić information content (AvgIpc) is 2.78. The van der Waals surface area contributed by atoms with Crippen LogP contribution in [-0.2, 0) is 6.18 Å². The van der Waals surface area contributed by atoms with Crippen molar-refractivity contribution < 1.29 is 13.2 Å². The van der Waals surface area contributed by atoms with Gasteiger partial charge in [-0.1, -0.05) is 38.3 Å². The molecular formula is C25H27F3N4. The van der Waals surface area contributed by atoms with Crippen LogP contribution in [0.3, 0.4) is 0 Å². The first-order valence-electron chi connectivity index (χ1n) is 11.0. The Hall–Kier alpha value is -2.96. The summed E-state index contributed by atoms with van der Waals surface area (Å²) in [6, 6.07) is 10.8. The SMILES string of the molecule is Cc1cc(Nc2nccc(C(F)(F)F)n2)cc(-c2ccc(C(C)C3CCCCC3)nc2)c1. The molecule has 32 heavy (non-hydrogen) atoms. The van der Waals surface area contributed by atoms with Gasteiger partial charge in [0, 0.05) is 35.3 Å². The van der Waals surface area contributed by atoms with E-state index in [1.54, 1.807) is 0 Å². The van der Waals surface area contributed by atoms with E-state index in [1.807, 2.05) is 31.3 Å². The molecule has 3 aromatic rings. The third kappa shape index (κ3) is 5.26. The van der Waals surface area contributed by atoms with Gasteiger partial charge in [0.2, 0.25) is 5.95 Å². The Kier molecular flexibility index (Phi) is 6.44. The second kappa shape index (κ2) is 9.27. The molecule has 4 rings (SSSR count). The summed E-state index contributed by atoms with van der Waals surface area (Å²) in [4.78, 5) is 12.3. The number of hydrogen-bond donors (Lipinski definition) is 1. The molecule has 2 heterocycles. The van der Waals surface area contributed by atoms with Crippen LogP contribution >= 0.6 is 0 Å². The molecule has 1 aliphatic carbocycles. The van der Waals surface area contributed by atoms with E-state index in [1.165, 1.54) is 32.1 Å². The molecule has 168 valence electrons. The largest absolute Gasteiger partial charge is 0.433 e. The van der Waals surface area contributed by atoms with Crippen LogP contribution < -0.4 is 5.32 Å². The van der Waals surface area contributed by atoms with Gasteiger partial charge in [-0.2, -0.15) is 13.2 Å². The summed E-state index contributed by atoms with van der Waals surface area (Å²) < 4.78 is 38.8. The normalized spacial score (nSPS) is 16.0. The smallest absolute Gasteiger partial charge is 0.324 e. The molecule has 1 saturated carbocycles. The molecule has 1 unspecified atom stereocenters. The van der Waals surface area contributed by atoms with Gasteiger partial charge in [0.15, 0.2) is 0 Å². The van der Waals surface area contributed by atoms with Crippen LogP contribution in [0.2, 0.25) is 0 Å². The van der Waals surface area contributed by atoms with E-state index < -0.39 is 11.9 Å². The lowest BCUT2D eigenvalue weighted by Crippen LogP contribution is -2.14. The van der Waals surface area contributed by atoms with Crippen molar-refractivity contribution in [1.82, 2.24) is 15.0 Å². The summed E-state index contributed by atoms with van der Waals surface area (Å²) >= 11 is 0. The summed E-state index contributed by atoms with van der Waals surface area (Å²) in [6.07, 6.45) is 4.97. The molecule has 0 radical (unpaired) electrons. The van der Waals surface area contributed by atoms with Gasteiger partial charge >= 0.3 is 6.18 Å². The standard InChI is InChI=1S/C25H27F3N4/c1-16-12-20(14-21(13-16)31-24-29-11-10-23(32-24)25(26,27)28)19-8-9-22(30-15-19)17(2)18-6-4-3-5-7-18/h8-15,17-18H,3-7H2,1-2H3,(H,29,31,32). The number of alkyl halides is 3. The monoisotopic (exact) mass is 440 g/mol. The molecule has 0 bridgehead atoms. The van der Waals surface area contributed by atoms with Gasteiger partial charge < -0.3 is 5.32 Å². The molecule has 0 spiro atoms. The van der Waals surface area contributed by atoms with Crippen LogP contribution in [0, 0.1) is 12.8 Å². The highest BCUT2D eigenvalue weighted by Gasteiger charge is 2.32. The predicted molar refractivity (Wildman–Crippen MR) is 120 cm³/mol. The number of rotatable bonds is 5. The third-order valence-corrected chi connectivity index (χ3v) is 6.22. The molecular weight excluding hydrogens is 413 g/mol. The van der Waals surface area contributed by atoms with Crippen molar-refractivity contribution in [1.29, 1.82) is 0 Å². The van der Waals surface area contributed by atoms with E-state index in [0.29, 0.717) is 17.5 Å². The minimum atomic E-state index is -4.51. The van der Waals surface area contributed by atoms with Crippen molar-refractivity contribution in [2.45, 2.75) is 58.0 Å². The predicted octanol–water partition coefficient (Wildman–Crippen LogP) is 7.29. The number of aromatic nitrogens is 3. The summed E-state index contributed by atoms with van der Waals surface area (Å²) in [5, 5.41) is 2.90. The molecule has 7 heteroatoms. The molecule has 1 aliphatic rings. The van der Waals surface area contributed by atoms with Gasteiger partial charge in [-0.05, 0) is 61.1 Å². The van der Waals surface area contributed by atoms with Crippen molar-refractivity contribution in [3.63, 3.8) is 0 Å². The van der Waals surface area contributed by atoms with E-state index in [-0.39, 0.29) is 5.95 Å². The van der Waals surface area contributed by atoms with Gasteiger partial charge in [0.05, 0.1) is 0 Å². The number of aryl methyl sites for hydroxylation is 1. The van der Waals surface area contributed by atoms with Crippen LogP contribution in [0.5, 0.6) is 0 Å². The lowest BCUT2D eigenvalue weighted by molar-refractivity contribution is -0.141. The fraction of sp³-hybridized carbons (Fsp3) is 0.400. The molecule has 0 saturated heterocycles. The highest BCUT2D eigenvalue weighted by Crippen LogP contribution is 2.35. The number of anilines is 2. The number of hydrogen-bond acceptors (Lipinski definition) is 4. The minimum Gasteiger partial charge on any atom is -0.324 e. The van der Waals surface area contributed by atoms with Gasteiger partial charge in [0.25, 0.3) is 0 Å². The second-order valence-corrected chi connectivity index (χ2v) is 8.63. The van der Waals surface area contributed by atoms with E-state index in [0.717, 1.165) is 34.6 Å². The first-order chi connectivity index (χ1) is 15.3. The molecule has 2 aromatic heterocycles. The molecule has 1 aromatic carbocycles. The van der Waals surface area contributed by atoms with Crippen molar-refractivity contribution in [2.24, 2.45) is 5.92 Å². The molecule has 0 amide bonds. The molecule has 1 fully saturated rings. The highest BCUT2D eigenvalue weighted by molar-refractivity contribution is 5.70. The zero-order valence-electron chi connectivity index (χ0n) is 18.3. The van der Waals surface area contributed by atoms with Crippen LogP contribution in [0.1, 0.15) is 61.9 Å². The topological polar surface area (TPSA) is 50.7 Å². The average molecular weight is 441 g/mol. The van der Waals surface area contributed by atoms with Crippen LogP contribution in [0.4, 0.5) is 24.8 Å². The Labute approximate surface area is 186 Å². The lowest BCUT2D eigenvalue weighted by Gasteiger charge is -2.27. The van der Waals surface area contributed by atoms with E-state index in [2.05, 4.69) is 34.3 Å². The maximum absolute atomic E-state index is 12.9. The van der Waals surface area contributed by atoms with Crippen molar-refractivity contribution in [3.05, 3.63) is 65.7 Å². The fourth-order valence-corrected chi connectivity index (χ4v) is 4.45. The second-order valence-electron chi connectivity index (χ2n) is 8.63. The Balaban J connectivity index is 1.54. The van der Waals surface area contributed by atoms with Crippen LogP contribution in [-0.4, -0.2) is 15.0 Å². The first kappa shape index (κ1) is 22.2. The molecule has 1 N–H and O–H groups in total. The number of nitrogens with one attached hydrogen (secondary N) is 1. The van der Waals surface area contributed by atoms with E-state index in [4.69, 9.17) is 4.98 Å². The zero-order valence-corrected chi connectivity index (χ0v) is 18.3. The quantitative estimate of drug-likeness (QED) is 0.452. The Morgan fingerprint density at radius 3 is 2.44 bits per heavy atom. The maximum Gasteiger partial charge on any atom is 0.433 e. The first-order valence-corrected chi connectivity index (χ1v) is 11.0. The van der Waals surface area contributed by atoms with Crippen molar-refractivity contribution in [3.8, 4) is 11.1 Å². The van der Waals surface area contributed by atoms with Gasteiger partial charge in [-0.15, -0.1) is 0 Å². The van der Waals surface area contributed by atoms with E-state index >= 15 is 0 Å². The Bertz CT molecular complexity index is 1060. The van der Waals surface area contributed by atoms with Crippen LogP contribution in [0.25, 0.3) is 11.1 Å². The Morgan fingerprint density at radius 2 is 1.75 bits per heavy atom. The Morgan fingerprint density at radius 1 is 0.969 bits per heavy atom. The zero-order chi connectivity index (χ0) is 22.7. The minimum absolute atomic E-state index is 0.0915. The summed E-state index contributed by atoms with van der Waals surface area (Å²) in [5.74, 6) is 1.05. The molecule has 1 atom stereocenters. The molecule has 4 nitrogen and oxygen atoms in total.